The Balaban J connectivity index is 2.07. The number of carbonyl (C=O) groups is 1. The lowest BCUT2D eigenvalue weighted by Gasteiger charge is -2.46. The van der Waals surface area contributed by atoms with Crippen molar-refractivity contribution >= 4 is 6.09 Å². The highest BCUT2D eigenvalue weighted by molar-refractivity contribution is 5.68. The molecule has 0 aromatic heterocycles. The molecule has 6 nitrogen and oxygen atoms in total. The number of ether oxygens (including phenoxy) is 2. The van der Waals surface area contributed by atoms with Crippen molar-refractivity contribution < 1.29 is 24.5 Å². The standard InChI is InChI=1S/C15H27NO5/c1-13(2,3)21-12(18)16-7-4-15(19,10-16)14(11-17)5-8-20-9-6-14/h17,19H,4-11H2,1-3H3. The first kappa shape index (κ1) is 16.5. The molecule has 1 unspecified atom stereocenters. The Labute approximate surface area is 126 Å². The lowest BCUT2D eigenvalue weighted by Crippen LogP contribution is -2.55. The van der Waals surface area contributed by atoms with Crippen molar-refractivity contribution in [1.82, 2.24) is 4.90 Å². The smallest absolute Gasteiger partial charge is 0.410 e. The highest BCUT2D eigenvalue weighted by Gasteiger charge is 2.55. The van der Waals surface area contributed by atoms with Crippen LogP contribution in [-0.2, 0) is 9.47 Å². The highest BCUT2D eigenvalue weighted by atomic mass is 16.6. The monoisotopic (exact) mass is 301 g/mol. The Morgan fingerprint density at radius 2 is 1.90 bits per heavy atom. The van der Waals surface area contributed by atoms with Gasteiger partial charge in [0.05, 0.1) is 18.8 Å². The average Bonchev–Trinajstić information content (AvgIpc) is 2.82. The van der Waals surface area contributed by atoms with Crippen LogP contribution in [-0.4, -0.2) is 65.3 Å². The average molecular weight is 301 g/mol. The Kier molecular flexibility index (Phi) is 4.52. The first-order valence-corrected chi connectivity index (χ1v) is 7.60. The summed E-state index contributed by atoms with van der Waals surface area (Å²) in [6.45, 7) is 7.11. The molecule has 2 aliphatic heterocycles. The first-order chi connectivity index (χ1) is 9.71. The summed E-state index contributed by atoms with van der Waals surface area (Å²) < 4.78 is 10.7. The molecule has 2 N–H and O–H groups in total. The number of aliphatic hydroxyl groups excluding tert-OH is 1. The Morgan fingerprint density at radius 1 is 1.29 bits per heavy atom. The molecule has 21 heavy (non-hydrogen) atoms. The van der Waals surface area contributed by atoms with E-state index in [0.29, 0.717) is 39.0 Å². The van der Waals surface area contributed by atoms with Gasteiger partial charge in [-0.25, -0.2) is 4.79 Å². The highest BCUT2D eigenvalue weighted by Crippen LogP contribution is 2.45. The van der Waals surface area contributed by atoms with Crippen LogP contribution in [0.25, 0.3) is 0 Å². The summed E-state index contributed by atoms with van der Waals surface area (Å²) in [7, 11) is 0. The summed E-state index contributed by atoms with van der Waals surface area (Å²) in [5, 5.41) is 20.8. The molecule has 0 radical (unpaired) electrons. The molecule has 0 bridgehead atoms. The molecular weight excluding hydrogens is 274 g/mol. The quantitative estimate of drug-likeness (QED) is 0.800. The summed E-state index contributed by atoms with van der Waals surface area (Å²) >= 11 is 0. The van der Waals surface area contributed by atoms with E-state index in [0.717, 1.165) is 0 Å². The Hall–Kier alpha value is -0.850. The van der Waals surface area contributed by atoms with E-state index in [-0.39, 0.29) is 13.2 Å². The van der Waals surface area contributed by atoms with E-state index in [1.807, 2.05) is 20.8 Å². The molecule has 122 valence electrons. The van der Waals surface area contributed by atoms with Crippen molar-refractivity contribution in [3.63, 3.8) is 0 Å². The van der Waals surface area contributed by atoms with Crippen molar-refractivity contribution in [1.29, 1.82) is 0 Å². The van der Waals surface area contributed by atoms with Gasteiger partial charge >= 0.3 is 6.09 Å². The maximum atomic E-state index is 12.1. The summed E-state index contributed by atoms with van der Waals surface area (Å²) in [5.41, 5.74) is -2.20. The lowest BCUT2D eigenvalue weighted by molar-refractivity contribution is -0.146. The van der Waals surface area contributed by atoms with Crippen LogP contribution < -0.4 is 0 Å². The summed E-state index contributed by atoms with van der Waals surface area (Å²) in [6.07, 6.45) is 1.29. The van der Waals surface area contributed by atoms with Crippen molar-refractivity contribution in [2.24, 2.45) is 5.41 Å². The third-order valence-corrected chi connectivity index (χ3v) is 4.64. The molecule has 0 aromatic rings. The van der Waals surface area contributed by atoms with Crippen LogP contribution in [0, 0.1) is 5.41 Å². The number of β-amino-alcohol motifs (C(OH)–C–C–N with tert-alkyl or cyclic N) is 1. The number of hydrogen-bond acceptors (Lipinski definition) is 5. The largest absolute Gasteiger partial charge is 0.444 e. The Bertz CT molecular complexity index is 386. The van der Waals surface area contributed by atoms with Gasteiger partial charge in [-0.1, -0.05) is 0 Å². The van der Waals surface area contributed by atoms with E-state index in [9.17, 15) is 15.0 Å². The van der Waals surface area contributed by atoms with Crippen molar-refractivity contribution in [3.05, 3.63) is 0 Å². The van der Waals surface area contributed by atoms with Crippen LogP contribution in [0.2, 0.25) is 0 Å². The molecule has 2 saturated heterocycles. The van der Waals surface area contributed by atoms with E-state index >= 15 is 0 Å². The van der Waals surface area contributed by atoms with Gasteiger partial charge in [0.15, 0.2) is 0 Å². The second kappa shape index (κ2) is 5.74. The molecular formula is C15H27NO5. The van der Waals surface area contributed by atoms with Gasteiger partial charge in [-0.3, -0.25) is 0 Å². The number of nitrogens with zero attached hydrogens (tertiary/aromatic N) is 1. The predicted molar refractivity (Wildman–Crippen MR) is 76.9 cm³/mol. The lowest BCUT2D eigenvalue weighted by atomic mass is 9.66. The number of aliphatic hydroxyl groups is 2. The molecule has 2 heterocycles. The van der Waals surface area contributed by atoms with E-state index in [4.69, 9.17) is 9.47 Å². The van der Waals surface area contributed by atoms with Crippen LogP contribution in [0.1, 0.15) is 40.0 Å². The molecule has 2 rings (SSSR count). The maximum Gasteiger partial charge on any atom is 0.410 e. The van der Waals surface area contributed by atoms with Crippen molar-refractivity contribution in [3.8, 4) is 0 Å². The van der Waals surface area contributed by atoms with E-state index < -0.39 is 22.7 Å². The number of carbonyl (C=O) groups excluding carboxylic acids is 1. The van der Waals surface area contributed by atoms with Crippen LogP contribution in [0.15, 0.2) is 0 Å². The first-order valence-electron chi connectivity index (χ1n) is 7.60. The fourth-order valence-corrected chi connectivity index (χ4v) is 3.24. The van der Waals surface area contributed by atoms with E-state index in [2.05, 4.69) is 0 Å². The fraction of sp³-hybridized carbons (Fsp3) is 0.933. The Morgan fingerprint density at radius 3 is 2.43 bits per heavy atom. The summed E-state index contributed by atoms with van der Waals surface area (Å²) in [6, 6.07) is 0. The maximum absolute atomic E-state index is 12.1. The molecule has 2 aliphatic rings. The molecule has 0 aliphatic carbocycles. The van der Waals surface area contributed by atoms with Gasteiger partial charge in [0.25, 0.3) is 0 Å². The van der Waals surface area contributed by atoms with Gasteiger partial charge in [0.1, 0.15) is 5.60 Å². The van der Waals surface area contributed by atoms with Gasteiger partial charge in [-0.15, -0.1) is 0 Å². The molecule has 0 saturated carbocycles. The third-order valence-electron chi connectivity index (χ3n) is 4.64. The van der Waals surface area contributed by atoms with E-state index in [1.54, 1.807) is 0 Å². The summed E-state index contributed by atoms with van der Waals surface area (Å²) in [5.74, 6) is 0. The van der Waals surface area contributed by atoms with Gasteiger partial charge in [-0.2, -0.15) is 0 Å². The second-order valence-electron chi connectivity index (χ2n) is 7.23. The zero-order chi connectivity index (χ0) is 15.7. The van der Waals surface area contributed by atoms with Crippen LogP contribution in [0.3, 0.4) is 0 Å². The van der Waals surface area contributed by atoms with Crippen LogP contribution in [0.5, 0.6) is 0 Å². The van der Waals surface area contributed by atoms with Crippen molar-refractivity contribution in [2.75, 3.05) is 32.9 Å². The van der Waals surface area contributed by atoms with E-state index in [1.165, 1.54) is 4.90 Å². The van der Waals surface area contributed by atoms with Gasteiger partial charge in [-0.05, 0) is 40.0 Å². The van der Waals surface area contributed by atoms with Crippen LogP contribution in [0.4, 0.5) is 4.79 Å². The molecule has 2 fully saturated rings. The number of hydrogen-bond donors (Lipinski definition) is 2. The molecule has 1 atom stereocenters. The number of amides is 1. The zero-order valence-corrected chi connectivity index (χ0v) is 13.2. The summed E-state index contributed by atoms with van der Waals surface area (Å²) in [4.78, 5) is 13.7. The van der Waals surface area contributed by atoms with Crippen LogP contribution >= 0.6 is 0 Å². The molecule has 6 heteroatoms. The molecule has 1 amide bonds. The molecule has 0 spiro atoms. The minimum Gasteiger partial charge on any atom is -0.444 e. The fourth-order valence-electron chi connectivity index (χ4n) is 3.24. The third kappa shape index (κ3) is 3.33. The van der Waals surface area contributed by atoms with Gasteiger partial charge in [0.2, 0.25) is 0 Å². The minimum absolute atomic E-state index is 0.0883. The zero-order valence-electron chi connectivity index (χ0n) is 13.2. The molecule has 0 aromatic carbocycles. The number of likely N-dealkylation sites (tertiary alicyclic amines) is 1. The minimum atomic E-state index is -1.07. The topological polar surface area (TPSA) is 79.2 Å². The van der Waals surface area contributed by atoms with Crippen molar-refractivity contribution in [2.45, 2.75) is 51.2 Å². The van der Waals surface area contributed by atoms with Gasteiger partial charge < -0.3 is 24.6 Å². The second-order valence-corrected chi connectivity index (χ2v) is 7.23. The predicted octanol–water partition coefficient (Wildman–Crippen LogP) is 1.15. The normalized spacial score (nSPS) is 29.5. The SMILES string of the molecule is CC(C)(C)OC(=O)N1CCC(O)(C2(CO)CCOCC2)C1. The number of rotatable bonds is 2. The van der Waals surface area contributed by atoms with Gasteiger partial charge in [0, 0.05) is 25.2 Å².